The van der Waals surface area contributed by atoms with Crippen LogP contribution in [-0.4, -0.2) is 28.4 Å². The molecule has 0 aliphatic carbocycles. The number of hydrogen-bond acceptors (Lipinski definition) is 4. The van der Waals surface area contributed by atoms with E-state index in [-0.39, 0.29) is 12.0 Å². The first-order valence-electron chi connectivity index (χ1n) is 4.88. The molecule has 1 saturated heterocycles. The minimum Gasteiger partial charge on any atom is -0.394 e. The van der Waals surface area contributed by atoms with E-state index in [4.69, 9.17) is 10.5 Å². The van der Waals surface area contributed by atoms with Crippen LogP contribution >= 0.6 is 0 Å². The van der Waals surface area contributed by atoms with Crippen LogP contribution in [0.1, 0.15) is 12.8 Å². The SMILES string of the molecule is Cn1ncc(N)c1NC(=O)C1CCCO1. The number of anilines is 2. The van der Waals surface area contributed by atoms with Crippen LogP contribution in [0, 0.1) is 0 Å². The Labute approximate surface area is 87.4 Å². The second-order valence-electron chi connectivity index (χ2n) is 3.56. The Kier molecular flexibility index (Phi) is 2.59. The van der Waals surface area contributed by atoms with Crippen molar-refractivity contribution in [3.8, 4) is 0 Å². The predicted octanol–water partition coefficient (Wildman–Crippen LogP) is 0.120. The zero-order chi connectivity index (χ0) is 10.8. The lowest BCUT2D eigenvalue weighted by Gasteiger charge is -2.10. The van der Waals surface area contributed by atoms with Crippen molar-refractivity contribution in [1.29, 1.82) is 0 Å². The number of nitrogen functional groups attached to an aromatic ring is 1. The quantitative estimate of drug-likeness (QED) is 0.726. The highest BCUT2D eigenvalue weighted by Gasteiger charge is 2.24. The van der Waals surface area contributed by atoms with E-state index in [0.29, 0.717) is 18.1 Å². The van der Waals surface area contributed by atoms with Crippen LogP contribution in [0.4, 0.5) is 11.5 Å². The maximum atomic E-state index is 11.7. The third kappa shape index (κ3) is 1.94. The first kappa shape index (κ1) is 9.97. The van der Waals surface area contributed by atoms with Gasteiger partial charge in [-0.3, -0.25) is 9.48 Å². The maximum Gasteiger partial charge on any atom is 0.254 e. The second-order valence-corrected chi connectivity index (χ2v) is 3.56. The van der Waals surface area contributed by atoms with Crippen LogP contribution < -0.4 is 11.1 Å². The fourth-order valence-corrected chi connectivity index (χ4v) is 1.59. The molecular formula is C9H14N4O2. The van der Waals surface area contributed by atoms with E-state index in [1.807, 2.05) is 0 Å². The van der Waals surface area contributed by atoms with Gasteiger partial charge in [0, 0.05) is 13.7 Å². The van der Waals surface area contributed by atoms with E-state index in [2.05, 4.69) is 10.4 Å². The number of nitrogens with one attached hydrogen (secondary N) is 1. The van der Waals surface area contributed by atoms with Crippen LogP contribution in [0.2, 0.25) is 0 Å². The van der Waals surface area contributed by atoms with E-state index >= 15 is 0 Å². The van der Waals surface area contributed by atoms with Crippen molar-refractivity contribution < 1.29 is 9.53 Å². The van der Waals surface area contributed by atoms with Crippen molar-refractivity contribution in [2.24, 2.45) is 7.05 Å². The Hall–Kier alpha value is -1.56. The number of carbonyl (C=O) groups is 1. The molecular weight excluding hydrogens is 196 g/mol. The predicted molar refractivity (Wildman–Crippen MR) is 55.2 cm³/mol. The number of aromatic nitrogens is 2. The molecule has 82 valence electrons. The van der Waals surface area contributed by atoms with Gasteiger partial charge in [-0.25, -0.2) is 0 Å². The highest BCUT2D eigenvalue weighted by molar-refractivity contribution is 5.95. The first-order valence-corrected chi connectivity index (χ1v) is 4.88. The minimum atomic E-state index is -0.348. The Morgan fingerprint density at radius 2 is 2.60 bits per heavy atom. The molecule has 0 bridgehead atoms. The average molecular weight is 210 g/mol. The number of aryl methyl sites for hydroxylation is 1. The van der Waals surface area contributed by atoms with Gasteiger partial charge < -0.3 is 15.8 Å². The van der Waals surface area contributed by atoms with Crippen molar-refractivity contribution in [1.82, 2.24) is 9.78 Å². The van der Waals surface area contributed by atoms with E-state index in [1.165, 1.54) is 10.9 Å². The molecule has 0 aromatic carbocycles. The topological polar surface area (TPSA) is 82.2 Å². The summed E-state index contributed by atoms with van der Waals surface area (Å²) in [7, 11) is 1.72. The fraction of sp³-hybridized carbons (Fsp3) is 0.556. The van der Waals surface area contributed by atoms with Crippen molar-refractivity contribution in [2.45, 2.75) is 18.9 Å². The van der Waals surface area contributed by atoms with Crippen LogP contribution in [-0.2, 0) is 16.6 Å². The van der Waals surface area contributed by atoms with Gasteiger partial charge in [-0.2, -0.15) is 5.10 Å². The van der Waals surface area contributed by atoms with E-state index in [9.17, 15) is 4.79 Å². The van der Waals surface area contributed by atoms with Gasteiger partial charge in [0.2, 0.25) is 0 Å². The van der Waals surface area contributed by atoms with Gasteiger partial charge in [-0.15, -0.1) is 0 Å². The van der Waals surface area contributed by atoms with Gasteiger partial charge in [-0.05, 0) is 12.8 Å². The molecule has 15 heavy (non-hydrogen) atoms. The number of hydrogen-bond donors (Lipinski definition) is 2. The smallest absolute Gasteiger partial charge is 0.254 e. The van der Waals surface area contributed by atoms with Crippen molar-refractivity contribution in [3.05, 3.63) is 6.20 Å². The third-order valence-corrected chi connectivity index (χ3v) is 2.43. The Morgan fingerprint density at radius 3 is 3.13 bits per heavy atom. The van der Waals surface area contributed by atoms with Crippen molar-refractivity contribution in [2.75, 3.05) is 17.7 Å². The summed E-state index contributed by atoms with van der Waals surface area (Å²) in [6.45, 7) is 0.652. The van der Waals surface area contributed by atoms with Gasteiger partial charge in [0.05, 0.1) is 11.9 Å². The molecule has 1 aliphatic heterocycles. The van der Waals surface area contributed by atoms with Gasteiger partial charge in [0.25, 0.3) is 5.91 Å². The third-order valence-electron chi connectivity index (χ3n) is 2.43. The lowest BCUT2D eigenvalue weighted by molar-refractivity contribution is -0.124. The monoisotopic (exact) mass is 210 g/mol. The van der Waals surface area contributed by atoms with E-state index in [1.54, 1.807) is 7.05 Å². The molecule has 1 unspecified atom stereocenters. The van der Waals surface area contributed by atoms with E-state index < -0.39 is 0 Å². The van der Waals surface area contributed by atoms with Crippen LogP contribution in [0.5, 0.6) is 0 Å². The standard InChI is InChI=1S/C9H14N4O2/c1-13-8(6(10)5-11-13)12-9(14)7-3-2-4-15-7/h5,7H,2-4,10H2,1H3,(H,12,14). The molecule has 6 heteroatoms. The molecule has 1 atom stereocenters. The molecule has 2 heterocycles. The van der Waals surface area contributed by atoms with Gasteiger partial charge in [-0.1, -0.05) is 0 Å². The molecule has 0 saturated carbocycles. The summed E-state index contributed by atoms with van der Waals surface area (Å²) >= 11 is 0. The summed E-state index contributed by atoms with van der Waals surface area (Å²) < 4.78 is 6.79. The van der Waals surface area contributed by atoms with Crippen LogP contribution in [0.15, 0.2) is 6.20 Å². The van der Waals surface area contributed by atoms with Crippen molar-refractivity contribution >= 4 is 17.4 Å². The molecule has 3 N–H and O–H groups in total. The molecule has 1 amide bonds. The summed E-state index contributed by atoms with van der Waals surface area (Å²) in [6, 6.07) is 0. The first-order chi connectivity index (χ1) is 7.18. The molecule has 0 radical (unpaired) electrons. The Balaban J connectivity index is 2.05. The summed E-state index contributed by atoms with van der Waals surface area (Å²) in [5.41, 5.74) is 6.11. The Bertz CT molecular complexity index is 349. The maximum absolute atomic E-state index is 11.7. The lowest BCUT2D eigenvalue weighted by Crippen LogP contribution is -2.28. The molecule has 0 spiro atoms. The highest BCUT2D eigenvalue weighted by atomic mass is 16.5. The number of ether oxygens (including phenoxy) is 1. The Morgan fingerprint density at radius 1 is 1.80 bits per heavy atom. The molecule has 1 fully saturated rings. The summed E-state index contributed by atoms with van der Waals surface area (Å²) in [5, 5.41) is 6.64. The second kappa shape index (κ2) is 3.90. The zero-order valence-corrected chi connectivity index (χ0v) is 8.56. The molecule has 1 aromatic rings. The van der Waals surface area contributed by atoms with Gasteiger partial charge in [0.15, 0.2) is 5.82 Å². The molecule has 1 aromatic heterocycles. The average Bonchev–Trinajstić information content (AvgIpc) is 2.82. The number of amides is 1. The summed E-state index contributed by atoms with van der Waals surface area (Å²) in [4.78, 5) is 11.7. The number of nitrogens with zero attached hydrogens (tertiary/aromatic N) is 2. The number of carbonyl (C=O) groups excluding carboxylic acids is 1. The highest BCUT2D eigenvalue weighted by Crippen LogP contribution is 2.18. The molecule has 1 aliphatic rings. The summed E-state index contributed by atoms with van der Waals surface area (Å²) in [5.74, 6) is 0.373. The van der Waals surface area contributed by atoms with Gasteiger partial charge in [0.1, 0.15) is 6.10 Å². The normalized spacial score (nSPS) is 20.5. The molecule has 6 nitrogen and oxygen atoms in total. The van der Waals surface area contributed by atoms with Crippen molar-refractivity contribution in [3.63, 3.8) is 0 Å². The summed E-state index contributed by atoms with van der Waals surface area (Å²) in [6.07, 6.45) is 2.85. The van der Waals surface area contributed by atoms with E-state index in [0.717, 1.165) is 12.8 Å². The zero-order valence-electron chi connectivity index (χ0n) is 8.56. The van der Waals surface area contributed by atoms with Gasteiger partial charge >= 0.3 is 0 Å². The molecule has 2 rings (SSSR count). The minimum absolute atomic E-state index is 0.150. The van der Waals surface area contributed by atoms with Crippen LogP contribution in [0.3, 0.4) is 0 Å². The fourth-order valence-electron chi connectivity index (χ4n) is 1.59. The number of nitrogens with two attached hydrogens (primary N) is 1. The lowest BCUT2D eigenvalue weighted by atomic mass is 10.2. The van der Waals surface area contributed by atoms with Crippen LogP contribution in [0.25, 0.3) is 0 Å². The largest absolute Gasteiger partial charge is 0.394 e. The number of rotatable bonds is 2.